The number of amides is 2. The van der Waals surface area contributed by atoms with E-state index in [9.17, 15) is 9.59 Å². The first-order chi connectivity index (χ1) is 14.0. The van der Waals surface area contributed by atoms with Crippen LogP contribution in [-0.4, -0.2) is 27.8 Å². The van der Waals surface area contributed by atoms with Crippen LogP contribution in [0.2, 0.25) is 0 Å². The average molecular weight is 393 g/mol. The fourth-order valence-corrected chi connectivity index (χ4v) is 3.59. The summed E-state index contributed by atoms with van der Waals surface area (Å²) in [6.07, 6.45) is 13.4. The summed E-state index contributed by atoms with van der Waals surface area (Å²) >= 11 is 0. The summed E-state index contributed by atoms with van der Waals surface area (Å²) in [5.41, 5.74) is 3.01. The molecule has 2 amide bonds. The maximum Gasteiger partial charge on any atom is 0.251 e. The summed E-state index contributed by atoms with van der Waals surface area (Å²) in [6.45, 7) is 5.19. The van der Waals surface area contributed by atoms with Gasteiger partial charge >= 0.3 is 0 Å². The van der Waals surface area contributed by atoms with E-state index in [0.29, 0.717) is 12.0 Å². The van der Waals surface area contributed by atoms with E-state index in [-0.39, 0.29) is 17.9 Å². The van der Waals surface area contributed by atoms with Gasteiger partial charge in [-0.2, -0.15) is 0 Å². The maximum atomic E-state index is 12.6. The zero-order chi connectivity index (χ0) is 20.6. The molecule has 1 aromatic carbocycles. The number of nitrogens with one attached hydrogen (secondary N) is 3. The van der Waals surface area contributed by atoms with Crippen LogP contribution in [0.25, 0.3) is 11.0 Å². The number of allylic oxidation sites excluding steroid dienone is 3. The van der Waals surface area contributed by atoms with Crippen molar-refractivity contribution in [1.29, 1.82) is 0 Å². The Labute approximate surface area is 171 Å². The van der Waals surface area contributed by atoms with E-state index in [1.54, 1.807) is 12.2 Å². The Bertz CT molecular complexity index is 949. The van der Waals surface area contributed by atoms with Crippen molar-refractivity contribution in [3.8, 4) is 0 Å². The molecule has 0 unspecified atom stereocenters. The lowest BCUT2D eigenvalue weighted by Gasteiger charge is -2.22. The lowest BCUT2D eigenvalue weighted by Crippen LogP contribution is -2.36. The van der Waals surface area contributed by atoms with Crippen LogP contribution >= 0.6 is 0 Å². The van der Waals surface area contributed by atoms with Crippen LogP contribution in [0.4, 0.5) is 5.69 Å². The van der Waals surface area contributed by atoms with Crippen molar-refractivity contribution in [2.24, 2.45) is 0 Å². The van der Waals surface area contributed by atoms with Gasteiger partial charge in [0.15, 0.2) is 0 Å². The quantitative estimate of drug-likeness (QED) is 0.488. The molecule has 1 saturated carbocycles. The number of H-pyrrole nitrogens is 1. The molecule has 3 N–H and O–H groups in total. The van der Waals surface area contributed by atoms with Gasteiger partial charge < -0.3 is 15.6 Å². The lowest BCUT2D eigenvalue weighted by molar-refractivity contribution is -0.118. The fourth-order valence-electron chi connectivity index (χ4n) is 3.59. The molecule has 1 heterocycles. The minimum atomic E-state index is -0.111. The first kappa shape index (κ1) is 20.6. The third kappa shape index (κ3) is 5.91. The predicted molar refractivity (Wildman–Crippen MR) is 117 cm³/mol. The van der Waals surface area contributed by atoms with Gasteiger partial charge in [0.25, 0.3) is 5.91 Å². The van der Waals surface area contributed by atoms with E-state index in [0.717, 1.165) is 35.4 Å². The van der Waals surface area contributed by atoms with Crippen LogP contribution in [0.15, 0.2) is 54.7 Å². The highest BCUT2D eigenvalue weighted by atomic mass is 16.2. The van der Waals surface area contributed by atoms with Crippen LogP contribution in [0.5, 0.6) is 0 Å². The molecule has 1 aromatic heterocycles. The number of hydrogen-bond donors (Lipinski definition) is 3. The largest absolute Gasteiger partial charge is 0.349 e. The van der Waals surface area contributed by atoms with Crippen molar-refractivity contribution in [3.63, 3.8) is 0 Å². The Balaban J connectivity index is 1.64. The fraction of sp³-hybridized carbons (Fsp3) is 0.348. The molecule has 0 saturated heterocycles. The molecule has 6 heteroatoms. The van der Waals surface area contributed by atoms with Crippen molar-refractivity contribution < 1.29 is 9.59 Å². The number of anilines is 1. The predicted octanol–water partition coefficient (Wildman–Crippen LogP) is 4.18. The zero-order valence-electron chi connectivity index (χ0n) is 16.8. The molecule has 1 aliphatic carbocycles. The summed E-state index contributed by atoms with van der Waals surface area (Å²) < 4.78 is 0. The smallest absolute Gasteiger partial charge is 0.251 e. The molecule has 0 aliphatic heterocycles. The molecule has 29 heavy (non-hydrogen) atoms. The Morgan fingerprint density at radius 3 is 2.79 bits per heavy atom. The number of rotatable bonds is 7. The van der Waals surface area contributed by atoms with Crippen molar-refractivity contribution in [2.45, 2.75) is 51.5 Å². The highest BCUT2D eigenvalue weighted by Gasteiger charge is 2.16. The maximum absolute atomic E-state index is 12.6. The van der Waals surface area contributed by atoms with Crippen molar-refractivity contribution in [2.75, 3.05) is 5.32 Å². The number of nitrogens with zero attached hydrogens (tertiary/aromatic N) is 1. The molecule has 3 rings (SSSR count). The number of imidazole rings is 1. The highest BCUT2D eigenvalue weighted by molar-refractivity contribution is 5.96. The minimum absolute atomic E-state index is 0.0578. The van der Waals surface area contributed by atoms with Crippen LogP contribution in [0, 0.1) is 0 Å². The minimum Gasteiger partial charge on any atom is -0.349 e. The van der Waals surface area contributed by atoms with Crippen LogP contribution in [0.1, 0.15) is 44.9 Å². The molecule has 2 aromatic rings. The van der Waals surface area contributed by atoms with E-state index >= 15 is 0 Å². The summed E-state index contributed by atoms with van der Waals surface area (Å²) in [5.74, 6) is 0.625. The van der Waals surface area contributed by atoms with Crippen LogP contribution < -0.4 is 10.6 Å². The molecule has 152 valence electrons. The molecule has 0 atom stereocenters. The average Bonchev–Trinajstić information content (AvgIpc) is 3.09. The van der Waals surface area contributed by atoms with E-state index in [1.807, 2.05) is 30.4 Å². The Hall–Kier alpha value is -3.15. The van der Waals surface area contributed by atoms with Gasteiger partial charge in [-0.25, -0.2) is 4.98 Å². The van der Waals surface area contributed by atoms with Crippen LogP contribution in [-0.2, 0) is 16.0 Å². The summed E-state index contributed by atoms with van der Waals surface area (Å²) in [5, 5.41) is 5.89. The summed E-state index contributed by atoms with van der Waals surface area (Å²) in [4.78, 5) is 31.6. The van der Waals surface area contributed by atoms with Gasteiger partial charge in [0, 0.05) is 30.6 Å². The molecular formula is C23H28N4O2. The third-order valence-corrected chi connectivity index (χ3v) is 4.96. The summed E-state index contributed by atoms with van der Waals surface area (Å²) in [7, 11) is 0. The number of carbonyl (C=O) groups is 2. The SMILES string of the molecule is C=C/C=C(\C=C/Cc1nc2ccc(NC(C)=O)cc2[nH]1)C(=O)NC1CCCCC1. The normalized spacial score (nSPS) is 15.6. The van der Waals surface area contributed by atoms with Gasteiger partial charge in [-0.1, -0.05) is 50.1 Å². The molecule has 1 fully saturated rings. The Morgan fingerprint density at radius 1 is 1.28 bits per heavy atom. The molecule has 0 bridgehead atoms. The molecule has 0 radical (unpaired) electrons. The van der Waals surface area contributed by atoms with E-state index in [2.05, 4.69) is 27.2 Å². The second-order valence-electron chi connectivity index (χ2n) is 7.37. The second-order valence-corrected chi connectivity index (χ2v) is 7.37. The first-order valence-electron chi connectivity index (χ1n) is 10.1. The standard InChI is InChI=1S/C23H28N4O2/c1-3-8-17(23(29)25-18-10-5-4-6-11-18)9-7-12-22-26-20-14-13-19(24-16(2)28)15-21(20)27-22/h3,7-9,13-15,18H,1,4-6,10-12H2,2H3,(H,24,28)(H,25,29)(H,26,27)/b9-7-,17-8+. The first-order valence-corrected chi connectivity index (χ1v) is 10.1. The monoisotopic (exact) mass is 392 g/mol. The van der Waals surface area contributed by atoms with E-state index < -0.39 is 0 Å². The number of hydrogen-bond acceptors (Lipinski definition) is 3. The van der Waals surface area contributed by atoms with Crippen molar-refractivity contribution >= 4 is 28.5 Å². The summed E-state index contributed by atoms with van der Waals surface area (Å²) in [6, 6.07) is 5.82. The van der Waals surface area contributed by atoms with Gasteiger partial charge in [-0.05, 0) is 31.0 Å². The lowest BCUT2D eigenvalue weighted by atomic mass is 9.95. The van der Waals surface area contributed by atoms with E-state index in [4.69, 9.17) is 0 Å². The number of aromatic nitrogens is 2. The second kappa shape index (κ2) is 9.87. The van der Waals surface area contributed by atoms with Crippen molar-refractivity contribution in [3.05, 3.63) is 60.5 Å². The number of benzene rings is 1. The Kier molecular flexibility index (Phi) is 7.00. The van der Waals surface area contributed by atoms with Gasteiger partial charge in [-0.3, -0.25) is 9.59 Å². The Morgan fingerprint density at radius 2 is 2.07 bits per heavy atom. The zero-order valence-corrected chi connectivity index (χ0v) is 16.8. The van der Waals surface area contributed by atoms with Crippen molar-refractivity contribution in [1.82, 2.24) is 15.3 Å². The van der Waals surface area contributed by atoms with Crippen LogP contribution in [0.3, 0.4) is 0 Å². The molecular weight excluding hydrogens is 364 g/mol. The molecule has 6 nitrogen and oxygen atoms in total. The number of fused-ring (bicyclic) bond motifs is 1. The molecule has 1 aliphatic rings. The number of aromatic amines is 1. The van der Waals surface area contributed by atoms with Gasteiger partial charge in [0.1, 0.15) is 5.82 Å². The number of carbonyl (C=O) groups excluding carboxylic acids is 2. The molecule has 0 spiro atoms. The van der Waals surface area contributed by atoms with Gasteiger partial charge in [0.2, 0.25) is 5.91 Å². The van der Waals surface area contributed by atoms with E-state index in [1.165, 1.54) is 26.2 Å². The third-order valence-electron chi connectivity index (χ3n) is 4.96. The van der Waals surface area contributed by atoms with Gasteiger partial charge in [0.05, 0.1) is 11.0 Å². The topological polar surface area (TPSA) is 86.9 Å². The van der Waals surface area contributed by atoms with Gasteiger partial charge in [-0.15, -0.1) is 0 Å². The highest BCUT2D eigenvalue weighted by Crippen LogP contribution is 2.19.